The van der Waals surface area contributed by atoms with Crippen molar-refractivity contribution in [1.29, 1.82) is 0 Å². The Labute approximate surface area is 259 Å². The van der Waals surface area contributed by atoms with Crippen LogP contribution in [-0.4, -0.2) is 0 Å². The van der Waals surface area contributed by atoms with Gasteiger partial charge in [-0.2, -0.15) is 0 Å². The second-order valence-electron chi connectivity index (χ2n) is 11.3. The van der Waals surface area contributed by atoms with E-state index in [2.05, 4.69) is 193 Å². The van der Waals surface area contributed by atoms with E-state index in [0.717, 1.165) is 17.1 Å². The molecule has 0 aromatic heterocycles. The predicted molar refractivity (Wildman–Crippen MR) is 184 cm³/mol. The molecule has 1 nitrogen and oxygen atoms in total. The summed E-state index contributed by atoms with van der Waals surface area (Å²) in [5, 5.41) is 0. The Morgan fingerprint density at radius 3 is 1.50 bits per heavy atom. The number of fused-ring (bicyclic) bond motifs is 3. The first-order chi connectivity index (χ1) is 21.9. The van der Waals surface area contributed by atoms with Crippen molar-refractivity contribution < 1.29 is 0 Å². The van der Waals surface area contributed by atoms with Crippen LogP contribution in [0.3, 0.4) is 0 Å². The van der Waals surface area contributed by atoms with Gasteiger partial charge in [-0.05, 0) is 69.3 Å². The van der Waals surface area contributed by atoms with Crippen molar-refractivity contribution >= 4 is 17.1 Å². The largest absolute Gasteiger partial charge is 0.310 e. The Hall–Kier alpha value is -5.66. The highest BCUT2D eigenvalue weighted by atomic mass is 15.1. The average molecular weight is 562 g/mol. The number of hydrogen-bond donors (Lipinski definition) is 0. The van der Waals surface area contributed by atoms with E-state index >= 15 is 0 Å². The molecule has 0 unspecified atom stereocenters. The monoisotopic (exact) mass is 561 g/mol. The summed E-state index contributed by atoms with van der Waals surface area (Å²) in [6.07, 6.45) is 0. The van der Waals surface area contributed by atoms with Crippen LogP contribution >= 0.6 is 0 Å². The molecule has 0 fully saturated rings. The van der Waals surface area contributed by atoms with Gasteiger partial charge in [-0.3, -0.25) is 0 Å². The van der Waals surface area contributed by atoms with E-state index in [9.17, 15) is 0 Å². The maximum atomic E-state index is 2.43. The van der Waals surface area contributed by atoms with Crippen LogP contribution in [-0.2, 0) is 5.41 Å². The molecule has 0 saturated carbocycles. The maximum Gasteiger partial charge on any atom is 0.0714 e. The van der Waals surface area contributed by atoms with Crippen LogP contribution in [0.15, 0.2) is 188 Å². The Bertz CT molecular complexity index is 2010. The molecule has 1 heteroatoms. The van der Waals surface area contributed by atoms with Gasteiger partial charge in [0.2, 0.25) is 0 Å². The molecule has 0 amide bonds. The standard InChI is InChI=1S/C43H31N/c1-5-17-32(18-6-1)37-25-14-16-28-42(37)44(35-23-11-4-12-24-35)36-29-30-39-38-26-13-15-27-40(38)43(41(39)31-36,33-19-7-2-8-20-33)34-21-9-3-10-22-34/h1-31H. The van der Waals surface area contributed by atoms with Crippen LogP contribution in [0.2, 0.25) is 0 Å². The molecule has 0 saturated heterocycles. The van der Waals surface area contributed by atoms with Crippen LogP contribution in [0.4, 0.5) is 17.1 Å². The fourth-order valence-electron chi connectivity index (χ4n) is 7.11. The lowest BCUT2D eigenvalue weighted by Gasteiger charge is -2.35. The zero-order valence-electron chi connectivity index (χ0n) is 24.3. The zero-order valence-corrected chi connectivity index (χ0v) is 24.3. The summed E-state index contributed by atoms with van der Waals surface area (Å²) in [6.45, 7) is 0. The molecule has 0 heterocycles. The molecule has 0 N–H and O–H groups in total. The van der Waals surface area contributed by atoms with E-state index < -0.39 is 5.41 Å². The average Bonchev–Trinajstić information content (AvgIpc) is 3.41. The number of rotatable bonds is 6. The molecule has 1 aliphatic rings. The topological polar surface area (TPSA) is 3.24 Å². The minimum atomic E-state index is -0.453. The lowest BCUT2D eigenvalue weighted by Crippen LogP contribution is -2.28. The van der Waals surface area contributed by atoms with Crippen molar-refractivity contribution in [3.05, 3.63) is 210 Å². The summed E-state index contributed by atoms with van der Waals surface area (Å²) in [5.74, 6) is 0. The van der Waals surface area contributed by atoms with Gasteiger partial charge in [0.25, 0.3) is 0 Å². The van der Waals surface area contributed by atoms with Crippen molar-refractivity contribution in [3.8, 4) is 22.3 Å². The summed E-state index contributed by atoms with van der Waals surface area (Å²) >= 11 is 0. The van der Waals surface area contributed by atoms with Gasteiger partial charge in [0.1, 0.15) is 0 Å². The first-order valence-corrected chi connectivity index (χ1v) is 15.2. The smallest absolute Gasteiger partial charge is 0.0714 e. The highest BCUT2D eigenvalue weighted by molar-refractivity contribution is 5.92. The SMILES string of the molecule is c1ccc(-c2ccccc2N(c2ccccc2)c2ccc3c(c2)C(c2ccccc2)(c2ccccc2)c2ccccc2-3)cc1. The molecule has 0 atom stereocenters. The molecule has 0 radical (unpaired) electrons. The van der Waals surface area contributed by atoms with E-state index in [1.165, 1.54) is 44.5 Å². The molecule has 8 rings (SSSR count). The minimum Gasteiger partial charge on any atom is -0.310 e. The van der Waals surface area contributed by atoms with Gasteiger partial charge in [0, 0.05) is 16.9 Å². The van der Waals surface area contributed by atoms with Crippen LogP contribution in [0.1, 0.15) is 22.3 Å². The normalized spacial score (nSPS) is 12.7. The summed E-state index contributed by atoms with van der Waals surface area (Å²) < 4.78 is 0. The maximum absolute atomic E-state index is 2.43. The lowest BCUT2D eigenvalue weighted by atomic mass is 9.67. The summed E-state index contributed by atoms with van der Waals surface area (Å²) in [4.78, 5) is 2.41. The van der Waals surface area contributed by atoms with Crippen LogP contribution in [0.5, 0.6) is 0 Å². The first-order valence-electron chi connectivity index (χ1n) is 15.2. The summed E-state index contributed by atoms with van der Waals surface area (Å²) in [6, 6.07) is 68.1. The van der Waals surface area contributed by atoms with Crippen molar-refractivity contribution in [2.24, 2.45) is 0 Å². The Balaban J connectivity index is 1.43. The van der Waals surface area contributed by atoms with Crippen molar-refractivity contribution in [1.82, 2.24) is 0 Å². The Kier molecular flexibility index (Phi) is 6.43. The summed E-state index contributed by atoms with van der Waals surface area (Å²) in [5.41, 5.74) is 13.1. The highest BCUT2D eigenvalue weighted by Gasteiger charge is 2.46. The van der Waals surface area contributed by atoms with E-state index in [1.54, 1.807) is 0 Å². The number of nitrogens with zero attached hydrogens (tertiary/aromatic N) is 1. The van der Waals surface area contributed by atoms with Crippen LogP contribution < -0.4 is 4.90 Å². The second kappa shape index (κ2) is 10.9. The lowest BCUT2D eigenvalue weighted by molar-refractivity contribution is 0.768. The molecular weight excluding hydrogens is 530 g/mol. The molecule has 44 heavy (non-hydrogen) atoms. The van der Waals surface area contributed by atoms with Gasteiger partial charge in [-0.1, -0.05) is 158 Å². The van der Waals surface area contributed by atoms with E-state index in [1.807, 2.05) is 0 Å². The highest BCUT2D eigenvalue weighted by Crippen LogP contribution is 2.57. The third kappa shape index (κ3) is 4.09. The van der Waals surface area contributed by atoms with E-state index in [-0.39, 0.29) is 0 Å². The van der Waals surface area contributed by atoms with Gasteiger partial charge in [0.15, 0.2) is 0 Å². The zero-order chi connectivity index (χ0) is 29.3. The van der Waals surface area contributed by atoms with Crippen molar-refractivity contribution in [2.45, 2.75) is 5.41 Å². The fraction of sp³-hybridized carbons (Fsp3) is 0.0233. The molecule has 0 bridgehead atoms. The summed E-state index contributed by atoms with van der Waals surface area (Å²) in [7, 11) is 0. The number of hydrogen-bond acceptors (Lipinski definition) is 1. The number of para-hydroxylation sites is 2. The Morgan fingerprint density at radius 2 is 0.841 bits per heavy atom. The predicted octanol–water partition coefficient (Wildman–Crippen LogP) is 11.2. The minimum absolute atomic E-state index is 0.453. The van der Waals surface area contributed by atoms with Crippen LogP contribution in [0.25, 0.3) is 22.3 Å². The molecule has 0 spiro atoms. The van der Waals surface area contributed by atoms with Gasteiger partial charge >= 0.3 is 0 Å². The van der Waals surface area contributed by atoms with E-state index in [0.29, 0.717) is 0 Å². The molecular formula is C43H31N. The first kappa shape index (κ1) is 26.0. The quantitative estimate of drug-likeness (QED) is 0.195. The van der Waals surface area contributed by atoms with Crippen molar-refractivity contribution in [3.63, 3.8) is 0 Å². The number of anilines is 3. The van der Waals surface area contributed by atoms with Gasteiger partial charge in [-0.25, -0.2) is 0 Å². The second-order valence-corrected chi connectivity index (χ2v) is 11.3. The third-order valence-electron chi connectivity index (χ3n) is 8.94. The third-order valence-corrected chi connectivity index (χ3v) is 8.94. The Morgan fingerprint density at radius 1 is 0.341 bits per heavy atom. The number of benzene rings is 7. The van der Waals surface area contributed by atoms with Crippen LogP contribution in [0, 0.1) is 0 Å². The molecule has 7 aromatic rings. The molecule has 0 aliphatic heterocycles. The molecule has 208 valence electrons. The van der Waals surface area contributed by atoms with Gasteiger partial charge in [-0.15, -0.1) is 0 Å². The molecule has 7 aromatic carbocycles. The molecule has 1 aliphatic carbocycles. The van der Waals surface area contributed by atoms with Gasteiger partial charge in [0.05, 0.1) is 11.1 Å². The fourth-order valence-corrected chi connectivity index (χ4v) is 7.11. The van der Waals surface area contributed by atoms with Crippen molar-refractivity contribution in [2.75, 3.05) is 4.90 Å². The van der Waals surface area contributed by atoms with Gasteiger partial charge < -0.3 is 4.90 Å². The van der Waals surface area contributed by atoms with E-state index in [4.69, 9.17) is 0 Å².